The maximum atomic E-state index is 8.87. The van der Waals surface area contributed by atoms with Gasteiger partial charge in [-0.3, -0.25) is 0 Å². The molecular weight excluding hydrogens is 320 g/mol. The Hall–Kier alpha value is -2.72. The molecule has 3 aromatic heterocycles. The van der Waals surface area contributed by atoms with Gasteiger partial charge in [0.15, 0.2) is 0 Å². The van der Waals surface area contributed by atoms with E-state index >= 15 is 0 Å². The van der Waals surface area contributed by atoms with Crippen LogP contribution in [0.25, 0.3) is 10.2 Å². The number of nitrogens with zero attached hydrogens (tertiary/aromatic N) is 6. The normalized spacial score (nSPS) is 14.8. The third-order valence-electron chi connectivity index (χ3n) is 4.29. The van der Waals surface area contributed by atoms with Crippen LogP contribution in [0.4, 0.5) is 11.6 Å². The summed E-state index contributed by atoms with van der Waals surface area (Å²) in [4.78, 5) is 17.9. The zero-order chi connectivity index (χ0) is 16.5. The van der Waals surface area contributed by atoms with Crippen molar-refractivity contribution in [2.75, 3.05) is 36.0 Å². The van der Waals surface area contributed by atoms with Gasteiger partial charge in [-0.25, -0.2) is 15.0 Å². The Morgan fingerprint density at radius 1 is 1.08 bits per heavy atom. The van der Waals surface area contributed by atoms with Crippen LogP contribution in [0.2, 0.25) is 0 Å². The van der Waals surface area contributed by atoms with Gasteiger partial charge in [0, 0.05) is 32.4 Å². The number of aryl methyl sites for hydroxylation is 1. The summed E-state index contributed by atoms with van der Waals surface area (Å²) < 4.78 is 1.17. The molecular formula is C17H16N6S. The maximum absolute atomic E-state index is 8.87. The molecule has 0 bridgehead atoms. The molecule has 0 unspecified atom stereocenters. The average Bonchev–Trinajstić information content (AvgIpc) is 3.03. The Morgan fingerprint density at radius 2 is 1.88 bits per heavy atom. The van der Waals surface area contributed by atoms with E-state index in [2.05, 4.69) is 43.1 Å². The molecule has 1 fully saturated rings. The van der Waals surface area contributed by atoms with E-state index in [1.807, 2.05) is 12.1 Å². The summed E-state index contributed by atoms with van der Waals surface area (Å²) in [7, 11) is 0. The minimum Gasteiger partial charge on any atom is -0.353 e. The molecule has 0 radical (unpaired) electrons. The number of nitriles is 1. The molecule has 0 aliphatic carbocycles. The van der Waals surface area contributed by atoms with Crippen LogP contribution < -0.4 is 9.80 Å². The monoisotopic (exact) mass is 336 g/mol. The zero-order valence-electron chi connectivity index (χ0n) is 13.3. The van der Waals surface area contributed by atoms with Crippen molar-refractivity contribution in [1.82, 2.24) is 15.0 Å². The van der Waals surface area contributed by atoms with Crippen LogP contribution in [0.5, 0.6) is 0 Å². The second kappa shape index (κ2) is 6.06. The van der Waals surface area contributed by atoms with Crippen molar-refractivity contribution in [3.8, 4) is 6.07 Å². The van der Waals surface area contributed by atoms with Crippen LogP contribution in [0.3, 0.4) is 0 Å². The highest BCUT2D eigenvalue weighted by atomic mass is 32.1. The Bertz CT molecular complexity index is 903. The van der Waals surface area contributed by atoms with Crippen LogP contribution in [0, 0.1) is 18.3 Å². The van der Waals surface area contributed by atoms with Crippen molar-refractivity contribution in [1.29, 1.82) is 5.26 Å². The lowest BCUT2D eigenvalue weighted by Gasteiger charge is -2.36. The smallest absolute Gasteiger partial charge is 0.150 e. The molecule has 120 valence electrons. The number of piperazine rings is 1. The van der Waals surface area contributed by atoms with Crippen molar-refractivity contribution in [3.05, 3.63) is 41.2 Å². The highest BCUT2D eigenvalue weighted by molar-refractivity contribution is 7.18. The van der Waals surface area contributed by atoms with E-state index < -0.39 is 0 Å². The van der Waals surface area contributed by atoms with Crippen LogP contribution in [0.1, 0.15) is 11.1 Å². The second-order valence-corrected chi connectivity index (χ2v) is 6.66. The first-order valence-electron chi connectivity index (χ1n) is 7.81. The number of anilines is 2. The molecule has 4 rings (SSSR count). The van der Waals surface area contributed by atoms with Gasteiger partial charge in [0.1, 0.15) is 24.0 Å². The van der Waals surface area contributed by atoms with Crippen molar-refractivity contribution < 1.29 is 0 Å². The van der Waals surface area contributed by atoms with E-state index in [0.717, 1.165) is 43.3 Å². The lowest BCUT2D eigenvalue weighted by molar-refractivity contribution is 0.643. The molecule has 0 saturated carbocycles. The molecule has 0 N–H and O–H groups in total. The minimum absolute atomic E-state index is 0.592. The van der Waals surface area contributed by atoms with Gasteiger partial charge in [-0.1, -0.05) is 0 Å². The van der Waals surface area contributed by atoms with Gasteiger partial charge in [-0.15, -0.1) is 11.3 Å². The summed E-state index contributed by atoms with van der Waals surface area (Å²) in [6.07, 6.45) is 3.29. The molecule has 3 aromatic rings. The second-order valence-electron chi connectivity index (χ2n) is 5.78. The number of rotatable bonds is 2. The third kappa shape index (κ3) is 2.55. The maximum Gasteiger partial charge on any atom is 0.150 e. The fourth-order valence-corrected chi connectivity index (χ4v) is 3.99. The summed E-state index contributed by atoms with van der Waals surface area (Å²) in [5, 5.41) is 11.0. The van der Waals surface area contributed by atoms with Crippen LogP contribution in [-0.4, -0.2) is 41.1 Å². The van der Waals surface area contributed by atoms with Gasteiger partial charge in [-0.05, 0) is 30.0 Å². The first-order valence-corrected chi connectivity index (χ1v) is 8.69. The molecule has 7 heteroatoms. The fraction of sp³-hybridized carbons (Fsp3) is 0.294. The van der Waals surface area contributed by atoms with E-state index in [0.29, 0.717) is 5.56 Å². The first kappa shape index (κ1) is 14.8. The van der Waals surface area contributed by atoms with E-state index in [4.69, 9.17) is 5.26 Å². The Morgan fingerprint density at radius 3 is 2.58 bits per heavy atom. The number of hydrogen-bond acceptors (Lipinski definition) is 7. The predicted octanol–water partition coefficient (Wildman–Crippen LogP) is 2.59. The number of fused-ring (bicyclic) bond motifs is 1. The van der Waals surface area contributed by atoms with Gasteiger partial charge < -0.3 is 9.80 Å². The zero-order valence-corrected chi connectivity index (χ0v) is 14.1. The minimum atomic E-state index is 0.592. The van der Waals surface area contributed by atoms with Gasteiger partial charge in [0.05, 0.1) is 15.8 Å². The predicted molar refractivity (Wildman–Crippen MR) is 95.5 cm³/mol. The first-order chi connectivity index (χ1) is 11.8. The number of aromatic nitrogens is 3. The average molecular weight is 336 g/mol. The Labute approximate surface area is 144 Å². The van der Waals surface area contributed by atoms with Gasteiger partial charge in [0.2, 0.25) is 0 Å². The fourth-order valence-electron chi connectivity index (χ4n) is 2.97. The molecule has 1 saturated heterocycles. The quantitative estimate of drug-likeness (QED) is 0.716. The molecule has 0 amide bonds. The Balaban J connectivity index is 1.52. The number of thiophene rings is 1. The standard InChI is InChI=1S/C17H16N6S/c1-12-10-24-16-15(12)20-11-21-17(16)23-6-4-22(5-7-23)14-3-2-13(8-18)9-19-14/h2-3,9-11H,4-7H2,1H3. The highest BCUT2D eigenvalue weighted by Crippen LogP contribution is 2.31. The van der Waals surface area contributed by atoms with Crippen molar-refractivity contribution in [2.45, 2.75) is 6.92 Å². The van der Waals surface area contributed by atoms with Gasteiger partial charge >= 0.3 is 0 Å². The van der Waals surface area contributed by atoms with Crippen molar-refractivity contribution in [2.24, 2.45) is 0 Å². The molecule has 0 spiro atoms. The van der Waals surface area contributed by atoms with Crippen molar-refractivity contribution >= 4 is 33.2 Å². The largest absolute Gasteiger partial charge is 0.353 e. The van der Waals surface area contributed by atoms with E-state index in [1.54, 1.807) is 23.9 Å². The van der Waals surface area contributed by atoms with Crippen molar-refractivity contribution in [3.63, 3.8) is 0 Å². The molecule has 24 heavy (non-hydrogen) atoms. The number of hydrogen-bond donors (Lipinski definition) is 0. The summed E-state index contributed by atoms with van der Waals surface area (Å²) >= 11 is 1.71. The summed E-state index contributed by atoms with van der Waals surface area (Å²) in [6.45, 7) is 5.64. The number of pyridine rings is 1. The Kier molecular flexibility index (Phi) is 3.75. The molecule has 6 nitrogen and oxygen atoms in total. The molecule has 1 aliphatic rings. The van der Waals surface area contributed by atoms with Crippen LogP contribution in [0.15, 0.2) is 30.0 Å². The lowest BCUT2D eigenvalue weighted by Crippen LogP contribution is -2.47. The molecule has 0 atom stereocenters. The lowest BCUT2D eigenvalue weighted by atomic mass is 10.2. The van der Waals surface area contributed by atoms with Gasteiger partial charge in [-0.2, -0.15) is 5.26 Å². The highest BCUT2D eigenvalue weighted by Gasteiger charge is 2.21. The van der Waals surface area contributed by atoms with Crippen LogP contribution in [-0.2, 0) is 0 Å². The van der Waals surface area contributed by atoms with Gasteiger partial charge in [0.25, 0.3) is 0 Å². The molecule has 0 aromatic carbocycles. The molecule has 4 heterocycles. The topological polar surface area (TPSA) is 68.9 Å². The van der Waals surface area contributed by atoms with Crippen LogP contribution >= 0.6 is 11.3 Å². The SMILES string of the molecule is Cc1csc2c(N3CCN(c4ccc(C#N)cn4)CC3)ncnc12. The summed E-state index contributed by atoms with van der Waals surface area (Å²) in [5.41, 5.74) is 2.86. The summed E-state index contributed by atoms with van der Waals surface area (Å²) in [5.74, 6) is 1.96. The third-order valence-corrected chi connectivity index (χ3v) is 5.38. The van der Waals surface area contributed by atoms with E-state index in [1.165, 1.54) is 10.3 Å². The van der Waals surface area contributed by atoms with E-state index in [9.17, 15) is 0 Å². The molecule has 1 aliphatic heterocycles. The summed E-state index contributed by atoms with van der Waals surface area (Å²) in [6, 6.07) is 5.84. The van der Waals surface area contributed by atoms with E-state index in [-0.39, 0.29) is 0 Å².